The number of carbonyl (C=O) groups excluding carboxylic acids is 1. The van der Waals surface area contributed by atoms with Gasteiger partial charge >= 0.3 is 0 Å². The predicted molar refractivity (Wildman–Crippen MR) is 113 cm³/mol. The number of nitrogens with zero attached hydrogens (tertiary/aromatic N) is 4. The summed E-state index contributed by atoms with van der Waals surface area (Å²) in [5.41, 5.74) is 3.23. The lowest BCUT2D eigenvalue weighted by atomic mass is 9.84. The Hall–Kier alpha value is -3.52. The van der Waals surface area contributed by atoms with E-state index >= 15 is 0 Å². The molecule has 1 N–H and O–H groups in total. The second-order valence-corrected chi connectivity index (χ2v) is 7.53. The van der Waals surface area contributed by atoms with Crippen molar-refractivity contribution in [3.05, 3.63) is 76.3 Å². The summed E-state index contributed by atoms with van der Waals surface area (Å²) in [6, 6.07) is 16.8. The van der Waals surface area contributed by atoms with Crippen molar-refractivity contribution in [3.8, 4) is 0 Å². The zero-order valence-corrected chi connectivity index (χ0v) is 17.1. The summed E-state index contributed by atoms with van der Waals surface area (Å²) >= 11 is 0. The van der Waals surface area contributed by atoms with Crippen LogP contribution in [0.15, 0.2) is 59.4 Å². The van der Waals surface area contributed by atoms with Crippen LogP contribution in [0.4, 0.5) is 0 Å². The highest BCUT2D eigenvalue weighted by Crippen LogP contribution is 2.23. The maximum Gasteiger partial charge on any atom is 0.262 e. The number of hydroxylamine groups is 1. The standard InChI is InChI=1S/C22H23N5O3/c1-4-26-19(28)16-12-8-9-13-17(16)27-18(23-24-21(26)27)14-30-25-20(29)22(2,3)15-10-6-5-7-11-15/h5-13H,4,14H2,1-3H3,(H,25,29). The number of amides is 1. The van der Waals surface area contributed by atoms with Gasteiger partial charge in [0.2, 0.25) is 5.78 Å². The summed E-state index contributed by atoms with van der Waals surface area (Å²) in [6.45, 7) is 6.02. The molecule has 0 spiro atoms. The molecule has 0 aliphatic heterocycles. The molecule has 0 atom stereocenters. The van der Waals surface area contributed by atoms with Gasteiger partial charge in [0, 0.05) is 6.54 Å². The van der Waals surface area contributed by atoms with E-state index in [0.29, 0.717) is 29.0 Å². The smallest absolute Gasteiger partial charge is 0.262 e. The fraction of sp³-hybridized carbons (Fsp3) is 0.273. The van der Waals surface area contributed by atoms with E-state index < -0.39 is 5.41 Å². The minimum absolute atomic E-state index is 0.00366. The molecular formula is C22H23N5O3. The van der Waals surface area contributed by atoms with Crippen molar-refractivity contribution in [1.82, 2.24) is 24.6 Å². The van der Waals surface area contributed by atoms with E-state index in [1.807, 2.05) is 69.3 Å². The fourth-order valence-corrected chi connectivity index (χ4v) is 3.47. The van der Waals surface area contributed by atoms with E-state index in [9.17, 15) is 9.59 Å². The molecule has 2 aromatic carbocycles. The van der Waals surface area contributed by atoms with Crippen LogP contribution in [0.2, 0.25) is 0 Å². The Morgan fingerprint density at radius 3 is 2.50 bits per heavy atom. The van der Waals surface area contributed by atoms with E-state index in [2.05, 4.69) is 15.7 Å². The molecule has 1 amide bonds. The number of aryl methyl sites for hydroxylation is 1. The van der Waals surface area contributed by atoms with E-state index in [0.717, 1.165) is 5.56 Å². The lowest BCUT2D eigenvalue weighted by Crippen LogP contribution is -2.40. The van der Waals surface area contributed by atoms with Gasteiger partial charge in [-0.2, -0.15) is 0 Å². The summed E-state index contributed by atoms with van der Waals surface area (Å²) in [4.78, 5) is 30.9. The summed E-state index contributed by atoms with van der Waals surface area (Å²) in [7, 11) is 0. The second kappa shape index (κ2) is 7.72. The molecule has 4 aromatic rings. The van der Waals surface area contributed by atoms with Gasteiger partial charge in [-0.1, -0.05) is 42.5 Å². The number of nitrogens with one attached hydrogen (secondary N) is 1. The first kappa shape index (κ1) is 19.8. The molecule has 8 heteroatoms. The average Bonchev–Trinajstić information content (AvgIpc) is 3.18. The van der Waals surface area contributed by atoms with Crippen LogP contribution in [-0.4, -0.2) is 25.1 Å². The van der Waals surface area contributed by atoms with Crippen LogP contribution in [0.25, 0.3) is 16.7 Å². The number of rotatable bonds is 6. The molecule has 8 nitrogen and oxygen atoms in total. The Bertz CT molecular complexity index is 1270. The first-order valence-electron chi connectivity index (χ1n) is 9.78. The highest BCUT2D eigenvalue weighted by molar-refractivity contribution is 5.86. The van der Waals surface area contributed by atoms with Crippen LogP contribution < -0.4 is 11.0 Å². The van der Waals surface area contributed by atoms with E-state index in [1.54, 1.807) is 15.0 Å². The minimum Gasteiger partial charge on any atom is -0.277 e. The molecule has 2 heterocycles. The Morgan fingerprint density at radius 2 is 1.77 bits per heavy atom. The first-order valence-corrected chi connectivity index (χ1v) is 9.78. The highest BCUT2D eigenvalue weighted by atomic mass is 16.7. The number of benzene rings is 2. The summed E-state index contributed by atoms with van der Waals surface area (Å²) < 4.78 is 3.35. The van der Waals surface area contributed by atoms with Crippen LogP contribution in [0.3, 0.4) is 0 Å². The summed E-state index contributed by atoms with van der Waals surface area (Å²) in [5, 5.41) is 8.94. The van der Waals surface area contributed by atoms with Gasteiger partial charge < -0.3 is 0 Å². The third kappa shape index (κ3) is 3.25. The van der Waals surface area contributed by atoms with E-state index in [1.165, 1.54) is 0 Å². The highest BCUT2D eigenvalue weighted by Gasteiger charge is 2.30. The molecule has 30 heavy (non-hydrogen) atoms. The third-order valence-electron chi connectivity index (χ3n) is 5.32. The number of carbonyl (C=O) groups is 1. The zero-order chi connectivity index (χ0) is 21.3. The van der Waals surface area contributed by atoms with Gasteiger partial charge in [0.05, 0.1) is 16.3 Å². The molecule has 0 unspecified atom stereocenters. The van der Waals surface area contributed by atoms with Gasteiger partial charge in [-0.25, -0.2) is 5.48 Å². The number of fused-ring (bicyclic) bond motifs is 3. The zero-order valence-electron chi connectivity index (χ0n) is 17.1. The second-order valence-electron chi connectivity index (χ2n) is 7.53. The normalized spacial score (nSPS) is 11.8. The first-order chi connectivity index (χ1) is 14.4. The van der Waals surface area contributed by atoms with E-state index in [-0.39, 0.29) is 18.1 Å². The maximum atomic E-state index is 12.7. The Morgan fingerprint density at radius 1 is 1.07 bits per heavy atom. The summed E-state index contributed by atoms with van der Waals surface area (Å²) in [5.74, 6) is 0.662. The molecule has 4 rings (SSSR count). The van der Waals surface area contributed by atoms with Gasteiger partial charge in [0.1, 0.15) is 6.61 Å². The molecule has 0 saturated heterocycles. The van der Waals surface area contributed by atoms with Crippen molar-refractivity contribution >= 4 is 22.6 Å². The molecule has 0 aliphatic carbocycles. The van der Waals surface area contributed by atoms with Crippen molar-refractivity contribution in [1.29, 1.82) is 0 Å². The van der Waals surface area contributed by atoms with Crippen molar-refractivity contribution in [2.24, 2.45) is 0 Å². The van der Waals surface area contributed by atoms with Crippen LogP contribution in [-0.2, 0) is 28.2 Å². The molecule has 0 bridgehead atoms. The fourth-order valence-electron chi connectivity index (χ4n) is 3.47. The van der Waals surface area contributed by atoms with Crippen LogP contribution in [0.1, 0.15) is 32.2 Å². The number of hydrogen-bond donors (Lipinski definition) is 1. The van der Waals surface area contributed by atoms with Gasteiger partial charge in [0.15, 0.2) is 5.82 Å². The van der Waals surface area contributed by atoms with Crippen molar-refractivity contribution in [2.75, 3.05) is 0 Å². The van der Waals surface area contributed by atoms with Crippen LogP contribution in [0.5, 0.6) is 0 Å². The molecular weight excluding hydrogens is 382 g/mol. The van der Waals surface area contributed by atoms with Gasteiger partial charge in [-0.05, 0) is 38.5 Å². The van der Waals surface area contributed by atoms with Gasteiger partial charge in [-0.15, -0.1) is 10.2 Å². The number of hydrogen-bond acceptors (Lipinski definition) is 5. The number of aromatic nitrogens is 4. The minimum atomic E-state index is -0.760. The Balaban J connectivity index is 1.60. The van der Waals surface area contributed by atoms with Crippen LogP contribution in [0, 0.1) is 0 Å². The molecule has 0 saturated carbocycles. The molecule has 2 aromatic heterocycles. The lowest BCUT2D eigenvalue weighted by Gasteiger charge is -2.23. The van der Waals surface area contributed by atoms with Gasteiger partial charge in [0.25, 0.3) is 11.5 Å². The largest absolute Gasteiger partial charge is 0.277 e. The van der Waals surface area contributed by atoms with Crippen molar-refractivity contribution in [2.45, 2.75) is 39.3 Å². The third-order valence-corrected chi connectivity index (χ3v) is 5.32. The van der Waals surface area contributed by atoms with Crippen molar-refractivity contribution in [3.63, 3.8) is 0 Å². The predicted octanol–water partition coefficient (Wildman–Crippen LogP) is 2.59. The topological polar surface area (TPSA) is 90.5 Å². The molecule has 0 fully saturated rings. The quantitative estimate of drug-likeness (QED) is 0.498. The molecule has 0 radical (unpaired) electrons. The van der Waals surface area contributed by atoms with Gasteiger partial charge in [-0.3, -0.25) is 23.4 Å². The average molecular weight is 405 g/mol. The molecule has 0 aliphatic rings. The Kier molecular flexibility index (Phi) is 5.09. The van der Waals surface area contributed by atoms with Crippen LogP contribution >= 0.6 is 0 Å². The SMILES string of the molecule is CCn1c(=O)c2ccccc2n2c(CONC(=O)C(C)(C)c3ccccc3)nnc12. The monoisotopic (exact) mass is 405 g/mol. The number of para-hydroxylation sites is 1. The Labute approximate surface area is 173 Å². The lowest BCUT2D eigenvalue weighted by molar-refractivity contribution is -0.139. The van der Waals surface area contributed by atoms with Crippen molar-refractivity contribution < 1.29 is 9.63 Å². The van der Waals surface area contributed by atoms with E-state index in [4.69, 9.17) is 4.84 Å². The molecule has 154 valence electrons. The summed E-state index contributed by atoms with van der Waals surface area (Å²) in [6.07, 6.45) is 0. The maximum absolute atomic E-state index is 12.7.